The van der Waals surface area contributed by atoms with Crippen LogP contribution in [0.2, 0.25) is 0 Å². The number of aromatic nitrogens is 1. The fourth-order valence-electron chi connectivity index (χ4n) is 1.98. The summed E-state index contributed by atoms with van der Waals surface area (Å²) >= 11 is 0. The van der Waals surface area contributed by atoms with Crippen molar-refractivity contribution in [2.45, 2.75) is 6.61 Å². The fraction of sp³-hybridized carbons (Fsp3) is 0.176. The Morgan fingerprint density at radius 2 is 1.88 bits per heavy atom. The maximum absolute atomic E-state index is 12.5. The lowest BCUT2D eigenvalue weighted by molar-refractivity contribution is -0.0526. The highest BCUT2D eigenvalue weighted by atomic mass is 19.3. The van der Waals surface area contributed by atoms with Crippen molar-refractivity contribution < 1.29 is 27.8 Å². The van der Waals surface area contributed by atoms with Crippen LogP contribution in [0.3, 0.4) is 0 Å². The van der Waals surface area contributed by atoms with E-state index in [0.717, 1.165) is 0 Å². The molecule has 7 heteroatoms. The molecule has 0 aliphatic rings. The number of pyridine rings is 1. The largest absolute Gasteiger partial charge is 0.493 e. The second-order valence-electron chi connectivity index (χ2n) is 4.57. The molecule has 0 saturated carbocycles. The maximum atomic E-state index is 12.5. The number of ketones is 1. The zero-order chi connectivity index (χ0) is 17.5. The number of hydrogen-bond acceptors (Lipinski definition) is 5. The van der Waals surface area contributed by atoms with Gasteiger partial charge in [0.25, 0.3) is 0 Å². The van der Waals surface area contributed by atoms with Crippen molar-refractivity contribution in [3.05, 3.63) is 53.9 Å². The van der Waals surface area contributed by atoms with Gasteiger partial charge in [0.1, 0.15) is 0 Å². The number of allylic oxidation sites excluding steroid dienone is 1. The number of benzene rings is 1. The summed E-state index contributed by atoms with van der Waals surface area (Å²) in [5, 5.41) is 0. The molecule has 0 saturated heterocycles. The van der Waals surface area contributed by atoms with E-state index in [1.54, 1.807) is 18.3 Å². The average molecular weight is 335 g/mol. The predicted octanol–water partition coefficient (Wildman–Crippen LogP) is 3.60. The number of ether oxygens (including phenoxy) is 3. The Bertz CT molecular complexity index is 708. The van der Waals surface area contributed by atoms with E-state index in [4.69, 9.17) is 9.47 Å². The molecule has 0 amide bonds. The van der Waals surface area contributed by atoms with Crippen LogP contribution in [0, 0.1) is 0 Å². The number of nitrogens with zero attached hydrogens (tertiary/aromatic N) is 1. The molecule has 1 heterocycles. The van der Waals surface area contributed by atoms with Gasteiger partial charge in [-0.2, -0.15) is 8.78 Å². The Hall–Kier alpha value is -2.96. The van der Waals surface area contributed by atoms with Crippen LogP contribution in [0.15, 0.2) is 42.7 Å². The molecule has 1 aromatic carbocycles. The molecule has 1 aromatic heterocycles. The molecule has 0 atom stereocenters. The van der Waals surface area contributed by atoms with Crippen molar-refractivity contribution in [3.63, 3.8) is 0 Å². The minimum absolute atomic E-state index is 0.0723. The molecule has 2 rings (SSSR count). The first-order valence-electron chi connectivity index (χ1n) is 6.88. The molecule has 0 aliphatic carbocycles. The van der Waals surface area contributed by atoms with Crippen LogP contribution in [0.4, 0.5) is 8.78 Å². The first kappa shape index (κ1) is 17.4. The summed E-state index contributed by atoms with van der Waals surface area (Å²) in [6.45, 7) is -3.01. The van der Waals surface area contributed by atoms with E-state index in [0.29, 0.717) is 11.1 Å². The van der Waals surface area contributed by atoms with E-state index in [-0.39, 0.29) is 23.0 Å². The van der Waals surface area contributed by atoms with Crippen LogP contribution in [-0.4, -0.2) is 31.6 Å². The number of methoxy groups -OCH3 is 2. The summed E-state index contributed by atoms with van der Waals surface area (Å²) in [4.78, 5) is 15.9. The van der Waals surface area contributed by atoms with Gasteiger partial charge in [-0.25, -0.2) is 0 Å². The van der Waals surface area contributed by atoms with Gasteiger partial charge in [0.2, 0.25) is 5.75 Å². The lowest BCUT2D eigenvalue weighted by Gasteiger charge is -2.14. The Morgan fingerprint density at radius 3 is 2.38 bits per heavy atom. The first-order chi connectivity index (χ1) is 11.5. The number of carbonyl (C=O) groups excluding carboxylic acids is 1. The number of halogens is 2. The van der Waals surface area contributed by atoms with Gasteiger partial charge in [-0.1, -0.05) is 6.08 Å². The molecule has 2 aromatic rings. The molecule has 126 valence electrons. The standard InChI is InChI=1S/C17H15F2NO4/c1-22-14-8-11(9-15(23-2)16(14)24-17(18)19)5-6-13(21)12-4-3-7-20-10-12/h3-10,17H,1-2H3. The molecular weight excluding hydrogens is 320 g/mol. The summed E-state index contributed by atoms with van der Waals surface area (Å²) in [5.41, 5.74) is 0.966. The van der Waals surface area contributed by atoms with Crippen LogP contribution >= 0.6 is 0 Å². The van der Waals surface area contributed by atoms with Gasteiger partial charge in [-0.05, 0) is 35.9 Å². The van der Waals surface area contributed by atoms with Crippen LogP contribution in [0.5, 0.6) is 17.2 Å². The lowest BCUT2D eigenvalue weighted by Crippen LogP contribution is -2.05. The summed E-state index contributed by atoms with van der Waals surface area (Å²) in [7, 11) is 2.64. The normalized spacial score (nSPS) is 10.9. The molecule has 0 spiro atoms. The van der Waals surface area contributed by atoms with Crippen molar-refractivity contribution in [1.29, 1.82) is 0 Å². The summed E-state index contributed by atoms with van der Waals surface area (Å²) in [6.07, 6.45) is 5.89. The van der Waals surface area contributed by atoms with Crippen molar-refractivity contribution in [2.24, 2.45) is 0 Å². The number of carbonyl (C=O) groups is 1. The van der Waals surface area contributed by atoms with E-state index in [2.05, 4.69) is 9.72 Å². The smallest absolute Gasteiger partial charge is 0.387 e. The first-order valence-corrected chi connectivity index (χ1v) is 6.88. The van der Waals surface area contributed by atoms with Gasteiger partial charge >= 0.3 is 6.61 Å². The Balaban J connectivity index is 2.30. The highest BCUT2D eigenvalue weighted by molar-refractivity contribution is 6.06. The predicted molar refractivity (Wildman–Crippen MR) is 83.8 cm³/mol. The minimum atomic E-state index is -3.01. The third kappa shape index (κ3) is 4.28. The lowest BCUT2D eigenvalue weighted by atomic mass is 10.1. The van der Waals surface area contributed by atoms with Crippen molar-refractivity contribution in [3.8, 4) is 17.2 Å². The summed E-state index contributed by atoms with van der Waals surface area (Å²) < 4.78 is 39.5. The van der Waals surface area contributed by atoms with Gasteiger partial charge in [0.15, 0.2) is 17.3 Å². The topological polar surface area (TPSA) is 57.7 Å². The van der Waals surface area contributed by atoms with Crippen LogP contribution in [0.25, 0.3) is 6.08 Å². The molecule has 24 heavy (non-hydrogen) atoms. The number of hydrogen-bond donors (Lipinski definition) is 0. The minimum Gasteiger partial charge on any atom is -0.493 e. The van der Waals surface area contributed by atoms with Crippen molar-refractivity contribution in [2.75, 3.05) is 14.2 Å². The van der Waals surface area contributed by atoms with E-state index < -0.39 is 6.61 Å². The second kappa shape index (κ2) is 8.05. The van der Waals surface area contributed by atoms with Crippen LogP contribution < -0.4 is 14.2 Å². The highest BCUT2D eigenvalue weighted by Gasteiger charge is 2.17. The zero-order valence-electron chi connectivity index (χ0n) is 13.0. The fourth-order valence-corrected chi connectivity index (χ4v) is 1.98. The van der Waals surface area contributed by atoms with E-state index in [9.17, 15) is 13.6 Å². The van der Waals surface area contributed by atoms with Crippen molar-refractivity contribution in [1.82, 2.24) is 4.98 Å². The van der Waals surface area contributed by atoms with Gasteiger partial charge in [-0.3, -0.25) is 9.78 Å². The third-order valence-corrected chi connectivity index (χ3v) is 3.06. The monoisotopic (exact) mass is 335 g/mol. The Kier molecular flexibility index (Phi) is 5.83. The van der Waals surface area contributed by atoms with Crippen LogP contribution in [-0.2, 0) is 0 Å². The SMILES string of the molecule is COc1cc(C=CC(=O)c2cccnc2)cc(OC)c1OC(F)F. The maximum Gasteiger partial charge on any atom is 0.387 e. The summed E-state index contributed by atoms with van der Waals surface area (Å²) in [5.74, 6) is -0.300. The third-order valence-electron chi connectivity index (χ3n) is 3.06. The average Bonchev–Trinajstić information content (AvgIpc) is 2.60. The number of rotatable bonds is 7. The van der Waals surface area contributed by atoms with Gasteiger partial charge in [-0.15, -0.1) is 0 Å². The second-order valence-corrected chi connectivity index (χ2v) is 4.57. The Labute approximate surface area is 137 Å². The van der Waals surface area contributed by atoms with E-state index >= 15 is 0 Å². The molecule has 0 aliphatic heterocycles. The molecule has 0 radical (unpaired) electrons. The summed E-state index contributed by atoms with van der Waals surface area (Å²) in [6, 6.07) is 6.23. The van der Waals surface area contributed by atoms with E-state index in [1.807, 2.05) is 0 Å². The molecule has 5 nitrogen and oxygen atoms in total. The quantitative estimate of drug-likeness (QED) is 0.572. The Morgan fingerprint density at radius 1 is 1.21 bits per heavy atom. The van der Waals surface area contributed by atoms with Gasteiger partial charge < -0.3 is 14.2 Å². The number of alkyl halides is 2. The van der Waals surface area contributed by atoms with Crippen molar-refractivity contribution >= 4 is 11.9 Å². The van der Waals surface area contributed by atoms with Gasteiger partial charge in [0.05, 0.1) is 14.2 Å². The van der Waals surface area contributed by atoms with Gasteiger partial charge in [0, 0.05) is 18.0 Å². The molecular formula is C17H15F2NO4. The zero-order valence-corrected chi connectivity index (χ0v) is 13.0. The molecule has 0 unspecified atom stereocenters. The van der Waals surface area contributed by atoms with E-state index in [1.165, 1.54) is 44.7 Å². The molecule has 0 N–H and O–H groups in total. The highest BCUT2D eigenvalue weighted by Crippen LogP contribution is 2.39. The molecule has 0 fully saturated rings. The molecule has 0 bridgehead atoms. The van der Waals surface area contributed by atoms with Crippen LogP contribution in [0.1, 0.15) is 15.9 Å².